The van der Waals surface area contributed by atoms with Gasteiger partial charge in [-0.15, -0.1) is 0 Å². The number of nitrogens with one attached hydrogen (secondary N) is 2. The summed E-state index contributed by atoms with van der Waals surface area (Å²) in [6, 6.07) is -0.0717. The van der Waals surface area contributed by atoms with Crippen LogP contribution in [0.15, 0.2) is 12.4 Å². The van der Waals surface area contributed by atoms with Crippen molar-refractivity contribution in [2.24, 2.45) is 7.05 Å². The second-order valence-electron chi connectivity index (χ2n) is 5.53. The Bertz CT molecular complexity index is 638. The van der Waals surface area contributed by atoms with Crippen molar-refractivity contribution in [3.63, 3.8) is 0 Å². The van der Waals surface area contributed by atoms with Gasteiger partial charge in [0.25, 0.3) is 5.91 Å². The maximum absolute atomic E-state index is 12.5. The van der Waals surface area contributed by atoms with Crippen LogP contribution in [-0.4, -0.2) is 25.9 Å². The number of rotatable bonds is 4. The van der Waals surface area contributed by atoms with Crippen molar-refractivity contribution in [1.82, 2.24) is 25.3 Å². The number of aromatic amines is 1. The fourth-order valence-electron chi connectivity index (χ4n) is 2.40. The van der Waals surface area contributed by atoms with Gasteiger partial charge in [0.15, 0.2) is 0 Å². The molecule has 20 heavy (non-hydrogen) atoms. The Hall–Kier alpha value is -2.11. The first-order valence-electron chi connectivity index (χ1n) is 6.90. The van der Waals surface area contributed by atoms with Crippen LogP contribution in [-0.2, 0) is 7.05 Å². The minimum atomic E-state index is -0.0717. The lowest BCUT2D eigenvalue weighted by molar-refractivity contribution is 0.0938. The smallest absolute Gasteiger partial charge is 0.255 e. The molecule has 0 unspecified atom stereocenters. The molecule has 2 heterocycles. The van der Waals surface area contributed by atoms with Gasteiger partial charge in [-0.3, -0.25) is 14.6 Å². The van der Waals surface area contributed by atoms with Gasteiger partial charge in [0.2, 0.25) is 0 Å². The monoisotopic (exact) mass is 273 g/mol. The van der Waals surface area contributed by atoms with Crippen LogP contribution in [0.5, 0.6) is 0 Å². The van der Waals surface area contributed by atoms with Gasteiger partial charge in [-0.25, -0.2) is 0 Å². The standard InChI is InChI=1S/C14H19N5O/c1-8(11-6-15-19(3)7-11)16-14(20)12-9(2)17-18-13(12)10-4-5-10/h6-8,10H,4-5H2,1-3H3,(H,16,20)(H,17,18)/t8-/m0/s1. The zero-order valence-corrected chi connectivity index (χ0v) is 12.0. The summed E-state index contributed by atoms with van der Waals surface area (Å²) in [5, 5.41) is 14.4. The highest BCUT2D eigenvalue weighted by Crippen LogP contribution is 2.41. The highest BCUT2D eigenvalue weighted by molar-refractivity contribution is 5.96. The molecule has 6 nitrogen and oxygen atoms in total. The molecule has 1 atom stereocenters. The molecule has 1 amide bonds. The van der Waals surface area contributed by atoms with E-state index in [9.17, 15) is 4.79 Å². The molecule has 0 spiro atoms. The van der Waals surface area contributed by atoms with E-state index in [0.717, 1.165) is 29.8 Å². The number of H-pyrrole nitrogens is 1. The van der Waals surface area contributed by atoms with Gasteiger partial charge in [0, 0.05) is 30.4 Å². The maximum atomic E-state index is 12.5. The van der Waals surface area contributed by atoms with Crippen LogP contribution in [0.3, 0.4) is 0 Å². The van der Waals surface area contributed by atoms with Crippen molar-refractivity contribution in [3.05, 3.63) is 34.9 Å². The van der Waals surface area contributed by atoms with Gasteiger partial charge in [0.1, 0.15) is 0 Å². The molecule has 1 fully saturated rings. The van der Waals surface area contributed by atoms with Crippen molar-refractivity contribution in [3.8, 4) is 0 Å². The Morgan fingerprint density at radius 3 is 2.90 bits per heavy atom. The number of aromatic nitrogens is 4. The Morgan fingerprint density at radius 2 is 2.30 bits per heavy atom. The van der Waals surface area contributed by atoms with Crippen LogP contribution >= 0.6 is 0 Å². The van der Waals surface area contributed by atoms with Crippen LogP contribution in [0.1, 0.15) is 59.0 Å². The van der Waals surface area contributed by atoms with E-state index in [1.807, 2.05) is 27.1 Å². The minimum absolute atomic E-state index is 0.0606. The van der Waals surface area contributed by atoms with E-state index < -0.39 is 0 Å². The molecule has 2 N–H and O–H groups in total. The molecular formula is C14H19N5O. The molecule has 0 bridgehead atoms. The van der Waals surface area contributed by atoms with E-state index in [1.165, 1.54) is 0 Å². The largest absolute Gasteiger partial charge is 0.345 e. The van der Waals surface area contributed by atoms with Crippen LogP contribution < -0.4 is 5.32 Å². The third-order valence-corrected chi connectivity index (χ3v) is 3.74. The first-order valence-corrected chi connectivity index (χ1v) is 6.90. The first-order chi connectivity index (χ1) is 9.56. The second-order valence-corrected chi connectivity index (χ2v) is 5.53. The Morgan fingerprint density at radius 1 is 1.55 bits per heavy atom. The fraction of sp³-hybridized carbons (Fsp3) is 0.500. The van der Waals surface area contributed by atoms with Gasteiger partial charge < -0.3 is 5.32 Å². The lowest BCUT2D eigenvalue weighted by Crippen LogP contribution is -2.27. The van der Waals surface area contributed by atoms with E-state index >= 15 is 0 Å². The van der Waals surface area contributed by atoms with Gasteiger partial charge >= 0.3 is 0 Å². The normalized spacial score (nSPS) is 16.1. The summed E-state index contributed by atoms with van der Waals surface area (Å²) >= 11 is 0. The number of carbonyl (C=O) groups is 1. The average Bonchev–Trinajstić information content (AvgIpc) is 3.03. The summed E-state index contributed by atoms with van der Waals surface area (Å²) in [5.41, 5.74) is 3.46. The van der Waals surface area contributed by atoms with E-state index in [1.54, 1.807) is 10.9 Å². The number of hydrogen-bond acceptors (Lipinski definition) is 3. The summed E-state index contributed by atoms with van der Waals surface area (Å²) in [7, 11) is 1.86. The summed E-state index contributed by atoms with van der Waals surface area (Å²) in [4.78, 5) is 12.5. The maximum Gasteiger partial charge on any atom is 0.255 e. The molecule has 1 saturated carbocycles. The third kappa shape index (κ3) is 2.33. The van der Waals surface area contributed by atoms with Gasteiger partial charge in [0.05, 0.1) is 23.5 Å². The molecule has 0 aromatic carbocycles. The average molecular weight is 273 g/mol. The predicted octanol–water partition coefficient (Wildman–Crippen LogP) is 1.82. The van der Waals surface area contributed by atoms with Gasteiger partial charge in [-0.05, 0) is 26.7 Å². The fourth-order valence-corrected chi connectivity index (χ4v) is 2.40. The van der Waals surface area contributed by atoms with E-state index in [2.05, 4.69) is 20.6 Å². The van der Waals surface area contributed by atoms with Gasteiger partial charge in [-0.2, -0.15) is 10.2 Å². The molecule has 3 rings (SSSR count). The zero-order chi connectivity index (χ0) is 14.3. The molecule has 2 aromatic rings. The quantitative estimate of drug-likeness (QED) is 0.892. The molecule has 0 radical (unpaired) electrons. The first kappa shape index (κ1) is 12.9. The lowest BCUT2D eigenvalue weighted by atomic mass is 10.1. The van der Waals surface area contributed by atoms with Crippen LogP contribution in [0.2, 0.25) is 0 Å². The van der Waals surface area contributed by atoms with Crippen molar-refractivity contribution in [2.45, 2.75) is 38.6 Å². The summed E-state index contributed by atoms with van der Waals surface area (Å²) in [5.74, 6) is 0.393. The van der Waals surface area contributed by atoms with E-state index in [0.29, 0.717) is 11.5 Å². The van der Waals surface area contributed by atoms with Crippen molar-refractivity contribution in [2.75, 3.05) is 0 Å². The second kappa shape index (κ2) is 4.77. The molecular weight excluding hydrogens is 254 g/mol. The molecule has 0 aliphatic heterocycles. The zero-order valence-electron chi connectivity index (χ0n) is 12.0. The third-order valence-electron chi connectivity index (χ3n) is 3.74. The summed E-state index contributed by atoms with van der Waals surface area (Å²) < 4.78 is 1.73. The SMILES string of the molecule is Cc1[nH]nc(C2CC2)c1C(=O)N[C@@H](C)c1cnn(C)c1. The number of carbonyl (C=O) groups excluding carboxylic acids is 1. The number of nitrogens with zero attached hydrogens (tertiary/aromatic N) is 3. The molecule has 1 aliphatic carbocycles. The highest BCUT2D eigenvalue weighted by atomic mass is 16.1. The molecule has 6 heteroatoms. The highest BCUT2D eigenvalue weighted by Gasteiger charge is 2.32. The number of aryl methyl sites for hydroxylation is 2. The van der Waals surface area contributed by atoms with E-state index in [-0.39, 0.29) is 11.9 Å². The molecule has 2 aromatic heterocycles. The Kier molecular flexibility index (Phi) is 3.08. The van der Waals surface area contributed by atoms with Crippen LogP contribution in [0, 0.1) is 6.92 Å². The van der Waals surface area contributed by atoms with Crippen LogP contribution in [0.25, 0.3) is 0 Å². The van der Waals surface area contributed by atoms with Gasteiger partial charge in [-0.1, -0.05) is 0 Å². The summed E-state index contributed by atoms with van der Waals surface area (Å²) in [6.07, 6.45) is 5.94. The number of amides is 1. The van der Waals surface area contributed by atoms with Crippen molar-refractivity contribution < 1.29 is 4.79 Å². The van der Waals surface area contributed by atoms with E-state index in [4.69, 9.17) is 0 Å². The molecule has 106 valence electrons. The number of hydrogen-bond donors (Lipinski definition) is 2. The Balaban J connectivity index is 1.77. The molecule has 0 saturated heterocycles. The minimum Gasteiger partial charge on any atom is -0.345 e. The van der Waals surface area contributed by atoms with Crippen molar-refractivity contribution >= 4 is 5.91 Å². The summed E-state index contributed by atoms with van der Waals surface area (Å²) in [6.45, 7) is 3.85. The van der Waals surface area contributed by atoms with Crippen molar-refractivity contribution in [1.29, 1.82) is 0 Å². The molecule has 1 aliphatic rings. The lowest BCUT2D eigenvalue weighted by Gasteiger charge is -2.12. The Labute approximate surface area is 117 Å². The predicted molar refractivity (Wildman–Crippen MR) is 74.4 cm³/mol. The topological polar surface area (TPSA) is 75.6 Å². The van der Waals surface area contributed by atoms with Crippen LogP contribution in [0.4, 0.5) is 0 Å².